The molecule has 0 amide bonds. The largest absolute Gasteiger partial charge is 0.491 e. The van der Waals surface area contributed by atoms with Crippen LogP contribution in [0.3, 0.4) is 0 Å². The highest BCUT2D eigenvalue weighted by molar-refractivity contribution is 9.10. The summed E-state index contributed by atoms with van der Waals surface area (Å²) in [6.07, 6.45) is 3.36. The van der Waals surface area contributed by atoms with Gasteiger partial charge in [0.1, 0.15) is 18.5 Å². The first-order valence-electron chi connectivity index (χ1n) is 6.95. The second kappa shape index (κ2) is 8.88. The minimum absolute atomic E-state index is 0. The molecule has 2 unspecified atom stereocenters. The van der Waals surface area contributed by atoms with Crippen LogP contribution in [0.25, 0.3) is 0 Å². The zero-order valence-electron chi connectivity index (χ0n) is 11.8. The van der Waals surface area contributed by atoms with Crippen LogP contribution < -0.4 is 4.74 Å². The summed E-state index contributed by atoms with van der Waals surface area (Å²) < 4.78 is 6.63. The van der Waals surface area contributed by atoms with E-state index in [1.807, 2.05) is 24.3 Å². The first-order valence-corrected chi connectivity index (χ1v) is 7.75. The number of benzene rings is 1. The van der Waals surface area contributed by atoms with E-state index in [2.05, 4.69) is 27.8 Å². The molecule has 0 aliphatic carbocycles. The highest BCUT2D eigenvalue weighted by Gasteiger charge is 2.20. The Hall–Kier alpha value is -0.290. The normalized spacial score (nSPS) is 21.1. The number of aliphatic hydroxyl groups is 1. The fourth-order valence-electron chi connectivity index (χ4n) is 2.48. The molecule has 1 fully saturated rings. The van der Waals surface area contributed by atoms with E-state index < -0.39 is 6.10 Å². The van der Waals surface area contributed by atoms with Crippen molar-refractivity contribution in [1.29, 1.82) is 0 Å². The molecule has 0 saturated carbocycles. The lowest BCUT2D eigenvalue weighted by Crippen LogP contribution is -2.43. The average molecular weight is 365 g/mol. The Balaban J connectivity index is 0.00000200. The standard InChI is InChI=1S/C15H22BrNO2.ClH/c1-12-4-2-3-9-17(12)10-14(18)11-19-15-7-5-13(16)6-8-15;/h5-8,12,14,18H,2-4,9-11H2,1H3;1H. The van der Waals surface area contributed by atoms with Crippen LogP contribution in [0.1, 0.15) is 26.2 Å². The van der Waals surface area contributed by atoms with Gasteiger partial charge in [-0.15, -0.1) is 12.4 Å². The average Bonchev–Trinajstić information content (AvgIpc) is 2.41. The van der Waals surface area contributed by atoms with Gasteiger partial charge >= 0.3 is 0 Å². The number of likely N-dealkylation sites (tertiary alicyclic amines) is 1. The monoisotopic (exact) mass is 363 g/mol. The molecule has 0 spiro atoms. The van der Waals surface area contributed by atoms with Gasteiger partial charge in [0.25, 0.3) is 0 Å². The maximum Gasteiger partial charge on any atom is 0.119 e. The molecular weight excluding hydrogens is 342 g/mol. The van der Waals surface area contributed by atoms with Crippen LogP contribution in [0.2, 0.25) is 0 Å². The van der Waals surface area contributed by atoms with E-state index in [4.69, 9.17) is 4.74 Å². The molecular formula is C15H23BrClNO2. The number of nitrogens with zero attached hydrogens (tertiary/aromatic N) is 1. The van der Waals surface area contributed by atoms with Crippen LogP contribution in [0, 0.1) is 0 Å². The van der Waals surface area contributed by atoms with Crippen molar-refractivity contribution in [2.45, 2.75) is 38.3 Å². The summed E-state index contributed by atoms with van der Waals surface area (Å²) in [7, 11) is 0. The Morgan fingerprint density at radius 2 is 2.05 bits per heavy atom. The summed E-state index contributed by atoms with van der Waals surface area (Å²) >= 11 is 3.39. The zero-order chi connectivity index (χ0) is 13.7. The Morgan fingerprint density at radius 3 is 2.70 bits per heavy atom. The van der Waals surface area contributed by atoms with Crippen LogP contribution in [-0.2, 0) is 0 Å². The van der Waals surface area contributed by atoms with E-state index in [9.17, 15) is 5.11 Å². The molecule has 114 valence electrons. The number of hydrogen-bond acceptors (Lipinski definition) is 3. The molecule has 1 heterocycles. The SMILES string of the molecule is CC1CCCCN1CC(O)COc1ccc(Br)cc1.Cl. The number of aliphatic hydroxyl groups excluding tert-OH is 1. The van der Waals surface area contributed by atoms with Crippen molar-refractivity contribution in [2.75, 3.05) is 19.7 Å². The highest BCUT2D eigenvalue weighted by Crippen LogP contribution is 2.18. The van der Waals surface area contributed by atoms with Crippen LogP contribution >= 0.6 is 28.3 Å². The summed E-state index contributed by atoms with van der Waals surface area (Å²) in [5, 5.41) is 10.1. The summed E-state index contributed by atoms with van der Waals surface area (Å²) in [6, 6.07) is 8.26. The number of halogens is 2. The van der Waals surface area contributed by atoms with Crippen molar-refractivity contribution in [3.05, 3.63) is 28.7 Å². The first kappa shape index (κ1) is 17.8. The van der Waals surface area contributed by atoms with Crippen LogP contribution in [0.5, 0.6) is 5.75 Å². The lowest BCUT2D eigenvalue weighted by atomic mass is 10.0. The molecule has 1 N–H and O–H groups in total. The van der Waals surface area contributed by atoms with Crippen LogP contribution in [0.4, 0.5) is 0 Å². The van der Waals surface area contributed by atoms with Gasteiger partial charge in [0.2, 0.25) is 0 Å². The lowest BCUT2D eigenvalue weighted by Gasteiger charge is -2.34. The maximum absolute atomic E-state index is 10.1. The maximum atomic E-state index is 10.1. The second-order valence-corrected chi connectivity index (χ2v) is 6.17. The van der Waals surface area contributed by atoms with E-state index in [-0.39, 0.29) is 12.4 Å². The van der Waals surface area contributed by atoms with Gasteiger partial charge in [-0.1, -0.05) is 22.4 Å². The van der Waals surface area contributed by atoms with Gasteiger partial charge in [0.05, 0.1) is 0 Å². The van der Waals surface area contributed by atoms with Gasteiger partial charge in [-0.3, -0.25) is 4.90 Å². The molecule has 0 bridgehead atoms. The summed E-state index contributed by atoms with van der Waals surface area (Å²) in [5.74, 6) is 0.800. The molecule has 1 aromatic carbocycles. The lowest BCUT2D eigenvalue weighted by molar-refractivity contribution is 0.0438. The topological polar surface area (TPSA) is 32.7 Å². The van der Waals surface area contributed by atoms with Gasteiger partial charge in [0.15, 0.2) is 0 Å². The minimum atomic E-state index is -0.427. The summed E-state index contributed by atoms with van der Waals surface area (Å²) in [6.45, 7) is 4.39. The number of β-amino-alcohol motifs (C(OH)–C–C–N with tert-alkyl or cyclic N) is 1. The molecule has 1 saturated heterocycles. The van der Waals surface area contributed by atoms with E-state index >= 15 is 0 Å². The molecule has 5 heteroatoms. The van der Waals surface area contributed by atoms with E-state index in [1.165, 1.54) is 19.3 Å². The van der Waals surface area contributed by atoms with Gasteiger partial charge in [-0.25, -0.2) is 0 Å². The molecule has 0 aromatic heterocycles. The van der Waals surface area contributed by atoms with Crippen molar-refractivity contribution in [2.24, 2.45) is 0 Å². The predicted molar refractivity (Wildman–Crippen MR) is 87.8 cm³/mol. The van der Waals surface area contributed by atoms with Crippen molar-refractivity contribution >= 4 is 28.3 Å². The van der Waals surface area contributed by atoms with Crippen LogP contribution in [-0.4, -0.2) is 41.8 Å². The molecule has 2 rings (SSSR count). The van der Waals surface area contributed by atoms with E-state index in [1.54, 1.807) is 0 Å². The van der Waals surface area contributed by atoms with Crippen molar-refractivity contribution in [3.63, 3.8) is 0 Å². The van der Waals surface area contributed by atoms with Gasteiger partial charge in [-0.05, 0) is 50.6 Å². The Morgan fingerprint density at radius 1 is 1.35 bits per heavy atom. The molecule has 1 aromatic rings. The third-order valence-corrected chi connectivity index (χ3v) is 4.17. The predicted octanol–water partition coefficient (Wildman–Crippen LogP) is 3.49. The minimum Gasteiger partial charge on any atom is -0.491 e. The van der Waals surface area contributed by atoms with Gasteiger partial charge in [0, 0.05) is 17.1 Å². The molecule has 3 nitrogen and oxygen atoms in total. The fraction of sp³-hybridized carbons (Fsp3) is 0.600. The van der Waals surface area contributed by atoms with Gasteiger partial charge in [-0.2, -0.15) is 0 Å². The fourth-order valence-corrected chi connectivity index (χ4v) is 2.74. The summed E-state index contributed by atoms with van der Waals surface area (Å²) in [5.41, 5.74) is 0. The first-order chi connectivity index (χ1) is 9.15. The Labute approximate surface area is 135 Å². The smallest absolute Gasteiger partial charge is 0.119 e. The number of ether oxygens (including phenoxy) is 1. The quantitative estimate of drug-likeness (QED) is 0.868. The number of piperidine rings is 1. The molecule has 0 radical (unpaired) electrons. The van der Waals surface area contributed by atoms with Gasteiger partial charge < -0.3 is 9.84 Å². The highest BCUT2D eigenvalue weighted by atomic mass is 79.9. The Kier molecular flexibility index (Phi) is 7.88. The van der Waals surface area contributed by atoms with Crippen molar-refractivity contribution < 1.29 is 9.84 Å². The number of rotatable bonds is 5. The zero-order valence-corrected chi connectivity index (χ0v) is 14.2. The summed E-state index contributed by atoms with van der Waals surface area (Å²) in [4.78, 5) is 2.36. The number of hydrogen-bond donors (Lipinski definition) is 1. The van der Waals surface area contributed by atoms with Crippen molar-refractivity contribution in [1.82, 2.24) is 4.90 Å². The molecule has 2 atom stereocenters. The third-order valence-electron chi connectivity index (χ3n) is 3.64. The molecule has 20 heavy (non-hydrogen) atoms. The molecule has 1 aliphatic rings. The molecule has 1 aliphatic heterocycles. The third kappa shape index (κ3) is 5.60. The van der Waals surface area contributed by atoms with E-state index in [0.29, 0.717) is 19.2 Å². The van der Waals surface area contributed by atoms with Crippen LogP contribution in [0.15, 0.2) is 28.7 Å². The Bertz CT molecular complexity index is 388. The van der Waals surface area contributed by atoms with Crippen molar-refractivity contribution in [3.8, 4) is 5.75 Å². The second-order valence-electron chi connectivity index (χ2n) is 5.26. The van der Waals surface area contributed by atoms with E-state index in [0.717, 1.165) is 16.8 Å².